The molecular weight excluding hydrogens is 631 g/mol. The van der Waals surface area contributed by atoms with E-state index < -0.39 is 5.41 Å². The van der Waals surface area contributed by atoms with E-state index in [1.807, 2.05) is 48.7 Å². The molecule has 0 saturated heterocycles. The first kappa shape index (κ1) is 30.4. The van der Waals surface area contributed by atoms with E-state index in [0.29, 0.717) is 5.82 Å². The number of aromatic nitrogens is 3. The number of nitrogens with zero attached hydrogens (tertiary/aromatic N) is 3. The highest BCUT2D eigenvalue weighted by molar-refractivity contribution is 5.90. The van der Waals surface area contributed by atoms with Gasteiger partial charge in [0.1, 0.15) is 0 Å². The molecule has 0 fully saturated rings. The third kappa shape index (κ3) is 4.36. The molecule has 6 aromatic carbocycles. The van der Waals surface area contributed by atoms with Crippen LogP contribution in [0, 0.1) is 0 Å². The van der Waals surface area contributed by atoms with Crippen LogP contribution in [0.5, 0.6) is 0 Å². The summed E-state index contributed by atoms with van der Waals surface area (Å²) < 4.78 is 0. The number of pyridine rings is 1. The first-order valence-electron chi connectivity index (χ1n) is 18.0. The van der Waals surface area contributed by atoms with Crippen LogP contribution in [0.1, 0.15) is 47.2 Å². The highest BCUT2D eigenvalue weighted by atomic mass is 14.9. The highest BCUT2D eigenvalue weighted by Crippen LogP contribution is 2.62. The molecule has 0 radical (unpaired) electrons. The molecule has 2 aromatic heterocycles. The summed E-state index contributed by atoms with van der Waals surface area (Å²) in [5.74, 6) is 0.673. The van der Waals surface area contributed by atoms with Crippen molar-refractivity contribution in [2.45, 2.75) is 24.7 Å². The molecule has 1 spiro atoms. The van der Waals surface area contributed by atoms with Crippen LogP contribution >= 0.6 is 0 Å². The molecule has 0 unspecified atom stereocenters. The second-order valence-electron chi connectivity index (χ2n) is 14.4. The average Bonchev–Trinajstić information content (AvgIpc) is 3.51. The lowest BCUT2D eigenvalue weighted by molar-refractivity contribution is 0.563. The van der Waals surface area contributed by atoms with Gasteiger partial charge in [-0.05, 0) is 79.9 Å². The van der Waals surface area contributed by atoms with E-state index in [9.17, 15) is 0 Å². The SMILES string of the molecule is CC1(C)c2ccccc2C2(c3ccccc3-c3ccccc32)c2cc(-c3ccccc3-c3nc(-c4ccccc4)cc(-c4ccccn4)n3)ccc21. The Balaban J connectivity index is 1.24. The van der Waals surface area contributed by atoms with Crippen LogP contribution in [0.2, 0.25) is 0 Å². The molecule has 0 amide bonds. The van der Waals surface area contributed by atoms with Gasteiger partial charge in [0, 0.05) is 22.7 Å². The van der Waals surface area contributed by atoms with Crippen molar-refractivity contribution in [1.82, 2.24) is 15.0 Å². The summed E-state index contributed by atoms with van der Waals surface area (Å²) in [4.78, 5) is 15.1. The van der Waals surface area contributed by atoms with Crippen molar-refractivity contribution in [3.8, 4) is 56.3 Å². The molecule has 0 bridgehead atoms. The van der Waals surface area contributed by atoms with E-state index in [0.717, 1.165) is 39.3 Å². The summed E-state index contributed by atoms with van der Waals surface area (Å²) >= 11 is 0. The maximum absolute atomic E-state index is 5.22. The van der Waals surface area contributed by atoms with Gasteiger partial charge < -0.3 is 0 Å². The molecule has 0 saturated carbocycles. The van der Waals surface area contributed by atoms with Crippen molar-refractivity contribution >= 4 is 0 Å². The van der Waals surface area contributed by atoms with Crippen LogP contribution < -0.4 is 0 Å². The predicted octanol–water partition coefficient (Wildman–Crippen LogP) is 11.5. The topological polar surface area (TPSA) is 38.7 Å². The quantitative estimate of drug-likeness (QED) is 0.188. The molecule has 0 N–H and O–H groups in total. The monoisotopic (exact) mass is 665 g/mol. The number of hydrogen-bond donors (Lipinski definition) is 0. The first-order valence-corrected chi connectivity index (χ1v) is 18.0. The summed E-state index contributed by atoms with van der Waals surface area (Å²) in [5, 5.41) is 0. The van der Waals surface area contributed by atoms with Gasteiger partial charge in [0.15, 0.2) is 5.82 Å². The normalized spacial score (nSPS) is 14.3. The van der Waals surface area contributed by atoms with Gasteiger partial charge in [-0.15, -0.1) is 0 Å². The molecule has 246 valence electrons. The lowest BCUT2D eigenvalue weighted by Crippen LogP contribution is -2.40. The minimum Gasteiger partial charge on any atom is -0.255 e. The maximum Gasteiger partial charge on any atom is 0.161 e. The zero-order valence-electron chi connectivity index (χ0n) is 29.1. The van der Waals surface area contributed by atoms with Crippen molar-refractivity contribution in [2.24, 2.45) is 0 Å². The lowest BCUT2D eigenvalue weighted by atomic mass is 9.55. The molecule has 2 aliphatic carbocycles. The fraction of sp³-hybridized carbons (Fsp3) is 0.0816. The second kappa shape index (κ2) is 11.5. The van der Waals surface area contributed by atoms with Crippen molar-refractivity contribution in [2.75, 3.05) is 0 Å². The molecule has 2 heterocycles. The van der Waals surface area contributed by atoms with Gasteiger partial charge in [-0.3, -0.25) is 4.98 Å². The van der Waals surface area contributed by atoms with Crippen LogP contribution in [0.4, 0.5) is 0 Å². The zero-order valence-corrected chi connectivity index (χ0v) is 29.1. The third-order valence-corrected chi connectivity index (χ3v) is 11.3. The van der Waals surface area contributed by atoms with E-state index in [2.05, 4.69) is 146 Å². The smallest absolute Gasteiger partial charge is 0.161 e. The summed E-state index contributed by atoms with van der Waals surface area (Å²) in [5.41, 5.74) is 16.7. The fourth-order valence-electron chi connectivity index (χ4n) is 8.93. The van der Waals surface area contributed by atoms with Crippen molar-refractivity contribution < 1.29 is 0 Å². The molecule has 0 atom stereocenters. The molecule has 52 heavy (non-hydrogen) atoms. The van der Waals surface area contributed by atoms with E-state index >= 15 is 0 Å². The van der Waals surface area contributed by atoms with E-state index in [1.54, 1.807) is 0 Å². The lowest BCUT2D eigenvalue weighted by Gasteiger charge is -2.47. The molecular formula is C49H35N3. The Morgan fingerprint density at radius 1 is 0.365 bits per heavy atom. The van der Waals surface area contributed by atoms with Gasteiger partial charge in [-0.2, -0.15) is 0 Å². The highest BCUT2D eigenvalue weighted by Gasteiger charge is 2.53. The Morgan fingerprint density at radius 2 is 0.923 bits per heavy atom. The fourth-order valence-corrected chi connectivity index (χ4v) is 8.93. The standard InChI is InChI=1S/C49H35N3/c1-48(2)40-24-12-13-25-42(40)49(38-22-10-8-19-35(38)36-20-9-11-23-39(36)49)43-30-33(27-28-41(43)48)34-18-6-7-21-37(34)47-51-45(32-16-4-3-5-17-32)31-46(52-47)44-26-14-15-29-50-44/h3-31H,1-2H3. The van der Waals surface area contributed by atoms with E-state index in [4.69, 9.17) is 9.97 Å². The van der Waals surface area contributed by atoms with Crippen molar-refractivity contribution in [3.05, 3.63) is 209 Å². The number of benzene rings is 6. The van der Waals surface area contributed by atoms with Crippen LogP contribution in [-0.2, 0) is 10.8 Å². The Labute approximate surface area is 304 Å². The van der Waals surface area contributed by atoms with Crippen molar-refractivity contribution in [1.29, 1.82) is 0 Å². The van der Waals surface area contributed by atoms with Gasteiger partial charge in [0.05, 0.1) is 22.5 Å². The molecule has 10 rings (SSSR count). The summed E-state index contributed by atoms with van der Waals surface area (Å²) in [6, 6.07) is 61.1. The summed E-state index contributed by atoms with van der Waals surface area (Å²) in [6.45, 7) is 4.75. The van der Waals surface area contributed by atoms with Gasteiger partial charge in [-0.1, -0.05) is 159 Å². The molecule has 0 aliphatic heterocycles. The number of fused-ring (bicyclic) bond motifs is 9. The minimum atomic E-state index is -0.463. The number of rotatable bonds is 4. The van der Waals surface area contributed by atoms with E-state index in [-0.39, 0.29) is 5.41 Å². The summed E-state index contributed by atoms with van der Waals surface area (Å²) in [7, 11) is 0. The van der Waals surface area contributed by atoms with Crippen LogP contribution in [0.25, 0.3) is 56.3 Å². The Hall–Kier alpha value is -6.45. The third-order valence-electron chi connectivity index (χ3n) is 11.3. The molecule has 2 aliphatic rings. The zero-order chi connectivity index (χ0) is 34.9. The Kier molecular flexibility index (Phi) is 6.74. The van der Waals surface area contributed by atoms with Crippen LogP contribution in [0.3, 0.4) is 0 Å². The average molecular weight is 666 g/mol. The van der Waals surface area contributed by atoms with Gasteiger partial charge in [0.2, 0.25) is 0 Å². The maximum atomic E-state index is 5.22. The van der Waals surface area contributed by atoms with Crippen LogP contribution in [0.15, 0.2) is 176 Å². The first-order chi connectivity index (χ1) is 25.5. The molecule has 3 nitrogen and oxygen atoms in total. The van der Waals surface area contributed by atoms with Gasteiger partial charge in [0.25, 0.3) is 0 Å². The minimum absolute atomic E-state index is 0.202. The van der Waals surface area contributed by atoms with Gasteiger partial charge >= 0.3 is 0 Å². The summed E-state index contributed by atoms with van der Waals surface area (Å²) in [6.07, 6.45) is 1.81. The van der Waals surface area contributed by atoms with E-state index in [1.165, 1.54) is 44.5 Å². The second-order valence-corrected chi connectivity index (χ2v) is 14.4. The van der Waals surface area contributed by atoms with Gasteiger partial charge in [-0.25, -0.2) is 9.97 Å². The Morgan fingerprint density at radius 3 is 1.62 bits per heavy atom. The molecule has 3 heteroatoms. The Bertz CT molecular complexity index is 2550. The largest absolute Gasteiger partial charge is 0.255 e. The van der Waals surface area contributed by atoms with Crippen LogP contribution in [-0.4, -0.2) is 15.0 Å². The van der Waals surface area contributed by atoms with Crippen molar-refractivity contribution in [3.63, 3.8) is 0 Å². The number of hydrogen-bond acceptors (Lipinski definition) is 3. The predicted molar refractivity (Wildman–Crippen MR) is 211 cm³/mol. The molecule has 8 aromatic rings.